The molecule has 7 nitrogen and oxygen atoms in total. The molecule has 1 fully saturated rings. The van der Waals surface area contributed by atoms with E-state index in [0.717, 1.165) is 36.1 Å². The lowest BCUT2D eigenvalue weighted by atomic mass is 10.0. The van der Waals surface area contributed by atoms with Gasteiger partial charge in [0.1, 0.15) is 5.82 Å². The van der Waals surface area contributed by atoms with Crippen molar-refractivity contribution in [1.82, 2.24) is 13.9 Å². The molecule has 0 unspecified atom stereocenters. The first-order chi connectivity index (χ1) is 14.4. The summed E-state index contributed by atoms with van der Waals surface area (Å²) in [6.07, 6.45) is 2.47. The molecule has 0 amide bonds. The van der Waals surface area contributed by atoms with E-state index in [1.807, 2.05) is 35.9 Å². The lowest BCUT2D eigenvalue weighted by Crippen LogP contribution is -2.39. The largest absolute Gasteiger partial charge is 0.462 e. The molecule has 8 heteroatoms. The number of benzene rings is 2. The highest BCUT2D eigenvalue weighted by atomic mass is 32.2. The van der Waals surface area contributed by atoms with E-state index in [0.29, 0.717) is 12.1 Å². The van der Waals surface area contributed by atoms with E-state index in [1.54, 1.807) is 11.2 Å². The summed E-state index contributed by atoms with van der Waals surface area (Å²) in [5.41, 5.74) is 2.17. The summed E-state index contributed by atoms with van der Waals surface area (Å²) in [5, 5.41) is 0. The summed E-state index contributed by atoms with van der Waals surface area (Å²) in [5.74, 6) is 0.291. The number of piperidine rings is 1. The second-order valence-corrected chi connectivity index (χ2v) is 9.28. The van der Waals surface area contributed by atoms with E-state index in [4.69, 9.17) is 9.72 Å². The molecule has 4 rings (SSSR count). The minimum Gasteiger partial charge on any atom is -0.462 e. The Balaban J connectivity index is 1.69. The normalized spacial score (nSPS) is 17.9. The maximum Gasteiger partial charge on any atom is 0.338 e. The van der Waals surface area contributed by atoms with Crippen molar-refractivity contribution in [3.63, 3.8) is 0 Å². The van der Waals surface area contributed by atoms with Crippen LogP contribution >= 0.6 is 0 Å². The van der Waals surface area contributed by atoms with E-state index in [1.165, 1.54) is 24.3 Å². The van der Waals surface area contributed by atoms with Gasteiger partial charge in [-0.25, -0.2) is 18.2 Å². The summed E-state index contributed by atoms with van der Waals surface area (Å²) in [6, 6.07) is 13.4. The number of imidazole rings is 1. The van der Waals surface area contributed by atoms with Gasteiger partial charge in [0.2, 0.25) is 10.0 Å². The molecule has 0 N–H and O–H groups in total. The number of aryl methyl sites for hydroxylation is 1. The molecular formula is C22H25N3O4S. The number of hydrogen-bond acceptors (Lipinski definition) is 5. The zero-order valence-electron chi connectivity index (χ0n) is 17.1. The van der Waals surface area contributed by atoms with E-state index >= 15 is 0 Å². The predicted octanol–water partition coefficient (Wildman–Crippen LogP) is 3.67. The number of aromatic nitrogens is 2. The molecule has 0 bridgehead atoms. The highest BCUT2D eigenvalue weighted by Gasteiger charge is 2.36. The molecule has 0 aliphatic carbocycles. The first-order valence-corrected chi connectivity index (χ1v) is 11.6. The minimum absolute atomic E-state index is 0.168. The van der Waals surface area contributed by atoms with Gasteiger partial charge < -0.3 is 9.30 Å². The van der Waals surface area contributed by atoms with Crippen molar-refractivity contribution in [3.8, 4) is 0 Å². The Kier molecular flexibility index (Phi) is 5.62. The fraction of sp³-hybridized carbons (Fsp3) is 0.364. The Bertz CT molecular complexity index is 1170. The Labute approximate surface area is 176 Å². The van der Waals surface area contributed by atoms with Gasteiger partial charge in [0.25, 0.3) is 0 Å². The molecule has 1 aliphatic rings. The highest BCUT2D eigenvalue weighted by Crippen LogP contribution is 2.36. The molecule has 2 heterocycles. The average molecular weight is 428 g/mol. The number of hydrogen-bond donors (Lipinski definition) is 0. The van der Waals surface area contributed by atoms with Crippen molar-refractivity contribution in [3.05, 3.63) is 59.9 Å². The molecule has 30 heavy (non-hydrogen) atoms. The van der Waals surface area contributed by atoms with Crippen LogP contribution in [0.2, 0.25) is 0 Å². The molecule has 0 radical (unpaired) electrons. The van der Waals surface area contributed by atoms with Gasteiger partial charge in [-0.3, -0.25) is 0 Å². The van der Waals surface area contributed by atoms with Crippen LogP contribution in [-0.2, 0) is 21.8 Å². The molecule has 0 saturated carbocycles. The van der Waals surface area contributed by atoms with Gasteiger partial charge in [-0.2, -0.15) is 4.31 Å². The van der Waals surface area contributed by atoms with Crippen molar-refractivity contribution < 1.29 is 17.9 Å². The lowest BCUT2D eigenvalue weighted by Gasteiger charge is -2.34. The van der Waals surface area contributed by atoms with Crippen LogP contribution in [0.3, 0.4) is 0 Å². The second-order valence-electron chi connectivity index (χ2n) is 7.39. The highest BCUT2D eigenvalue weighted by molar-refractivity contribution is 7.89. The molecule has 1 saturated heterocycles. The number of sulfonamides is 1. The fourth-order valence-electron chi connectivity index (χ4n) is 4.03. The number of esters is 1. The van der Waals surface area contributed by atoms with Gasteiger partial charge in [0, 0.05) is 13.6 Å². The Morgan fingerprint density at radius 1 is 1.13 bits per heavy atom. The summed E-state index contributed by atoms with van der Waals surface area (Å²) in [7, 11) is -1.81. The van der Waals surface area contributed by atoms with Gasteiger partial charge in [-0.1, -0.05) is 18.6 Å². The molecule has 2 aromatic carbocycles. The Morgan fingerprint density at radius 2 is 1.87 bits per heavy atom. The molecular weight excluding hydrogens is 402 g/mol. The van der Waals surface area contributed by atoms with Crippen molar-refractivity contribution in [2.45, 2.75) is 37.1 Å². The number of carbonyl (C=O) groups is 1. The number of fused-ring (bicyclic) bond motifs is 1. The zero-order chi connectivity index (χ0) is 21.3. The topological polar surface area (TPSA) is 81.5 Å². The number of para-hydroxylation sites is 2. The van der Waals surface area contributed by atoms with Gasteiger partial charge >= 0.3 is 5.97 Å². The van der Waals surface area contributed by atoms with Crippen LogP contribution < -0.4 is 0 Å². The molecule has 1 atom stereocenters. The summed E-state index contributed by atoms with van der Waals surface area (Å²) < 4.78 is 35.5. The second kappa shape index (κ2) is 8.20. The summed E-state index contributed by atoms with van der Waals surface area (Å²) in [4.78, 5) is 16.8. The number of nitrogens with zero attached hydrogens (tertiary/aromatic N) is 3. The summed E-state index contributed by atoms with van der Waals surface area (Å²) >= 11 is 0. The van der Waals surface area contributed by atoms with E-state index < -0.39 is 16.0 Å². The zero-order valence-corrected chi connectivity index (χ0v) is 17.9. The van der Waals surface area contributed by atoms with Gasteiger partial charge in [-0.05, 0) is 56.2 Å². The molecule has 3 aromatic rings. The fourth-order valence-corrected chi connectivity index (χ4v) is 5.68. The SMILES string of the molecule is CCOC(=O)c1ccc(S(=O)(=O)N2CCCC[C@H]2c2nc3ccccc3n2C)cc1. The third-order valence-corrected chi connectivity index (χ3v) is 7.47. The quantitative estimate of drug-likeness (QED) is 0.581. The maximum absolute atomic E-state index is 13.5. The average Bonchev–Trinajstić information content (AvgIpc) is 3.10. The monoisotopic (exact) mass is 427 g/mol. The van der Waals surface area contributed by atoms with Crippen LogP contribution in [0.1, 0.15) is 48.4 Å². The molecule has 1 aliphatic heterocycles. The lowest BCUT2D eigenvalue weighted by molar-refractivity contribution is 0.0526. The number of carbonyl (C=O) groups excluding carboxylic acids is 1. The van der Waals surface area contributed by atoms with Crippen LogP contribution in [0, 0.1) is 0 Å². The van der Waals surface area contributed by atoms with Crippen molar-refractivity contribution in [2.24, 2.45) is 7.05 Å². The van der Waals surface area contributed by atoms with Crippen LogP contribution in [-0.4, -0.2) is 41.4 Å². The van der Waals surface area contributed by atoms with Crippen LogP contribution in [0.25, 0.3) is 11.0 Å². The summed E-state index contributed by atoms with van der Waals surface area (Å²) in [6.45, 7) is 2.44. The third kappa shape index (κ3) is 3.61. The van der Waals surface area contributed by atoms with E-state index in [9.17, 15) is 13.2 Å². The minimum atomic E-state index is -3.74. The predicted molar refractivity (Wildman–Crippen MR) is 114 cm³/mol. The first kappa shape index (κ1) is 20.6. The first-order valence-electron chi connectivity index (χ1n) is 10.1. The van der Waals surface area contributed by atoms with Crippen LogP contribution in [0.15, 0.2) is 53.4 Å². The van der Waals surface area contributed by atoms with Crippen molar-refractivity contribution in [1.29, 1.82) is 0 Å². The van der Waals surface area contributed by atoms with Gasteiger partial charge in [0.05, 0.1) is 34.1 Å². The van der Waals surface area contributed by atoms with Crippen molar-refractivity contribution >= 4 is 27.0 Å². The van der Waals surface area contributed by atoms with Gasteiger partial charge in [0.15, 0.2) is 0 Å². The van der Waals surface area contributed by atoms with Crippen molar-refractivity contribution in [2.75, 3.05) is 13.2 Å². The molecule has 158 valence electrons. The van der Waals surface area contributed by atoms with Crippen LogP contribution in [0.5, 0.6) is 0 Å². The number of rotatable bonds is 5. The molecule has 0 spiro atoms. The van der Waals surface area contributed by atoms with E-state index in [2.05, 4.69) is 0 Å². The maximum atomic E-state index is 13.5. The Morgan fingerprint density at radius 3 is 2.57 bits per heavy atom. The van der Waals surface area contributed by atoms with E-state index in [-0.39, 0.29) is 17.5 Å². The van der Waals surface area contributed by atoms with Gasteiger partial charge in [-0.15, -0.1) is 0 Å². The standard InChI is InChI=1S/C22H25N3O4S/c1-3-29-22(26)16-11-13-17(14-12-16)30(27,28)25-15-7-6-10-20(25)21-23-18-8-4-5-9-19(18)24(21)2/h4-5,8-9,11-14,20H,3,6-7,10,15H2,1-2H3/t20-/m0/s1. The Hall–Kier alpha value is -2.71. The smallest absolute Gasteiger partial charge is 0.338 e. The molecule has 1 aromatic heterocycles. The van der Waals surface area contributed by atoms with Crippen LogP contribution in [0.4, 0.5) is 0 Å². The number of ether oxygens (including phenoxy) is 1. The third-order valence-electron chi connectivity index (χ3n) is 5.55.